The number of sulfonamides is 1. The fourth-order valence-electron chi connectivity index (χ4n) is 4.39. The Bertz CT molecular complexity index is 1560. The van der Waals surface area contributed by atoms with E-state index in [0.29, 0.717) is 28.5 Å². The average molecular weight is 601 g/mol. The van der Waals surface area contributed by atoms with Crippen LogP contribution in [0.1, 0.15) is 34.9 Å². The molecule has 0 N–H and O–H groups in total. The molecular weight excluding hydrogens is 578 g/mol. The zero-order valence-electron chi connectivity index (χ0n) is 19.8. The molecule has 11 heteroatoms. The molecule has 2 heterocycles. The molecule has 4 aromatic rings. The molecule has 37 heavy (non-hydrogen) atoms. The maximum Gasteiger partial charge on any atom is 0.264 e. The topological polar surface area (TPSA) is 88.4 Å². The zero-order valence-corrected chi connectivity index (χ0v) is 23.0. The standard InChI is InChI=1S/C26H23BrClN5O3S/c1-31(19-8-3-2-4-9-19)37(35,36)21-10-5-7-18(15-21)26(34)32-14-6-11-25(32)24-17-33(30-29-24)20-12-13-22(27)23(28)16-20/h2-5,7-10,12-13,15-17,25H,6,11,14H2,1H3. The van der Waals surface area contributed by atoms with Crippen molar-refractivity contribution in [1.82, 2.24) is 19.9 Å². The number of hydrogen-bond donors (Lipinski definition) is 0. The molecule has 5 rings (SSSR count). The first-order chi connectivity index (χ1) is 17.8. The van der Waals surface area contributed by atoms with Crippen LogP contribution < -0.4 is 4.31 Å². The Hall–Kier alpha value is -3.21. The molecule has 1 saturated heterocycles. The fraction of sp³-hybridized carbons (Fsp3) is 0.192. The summed E-state index contributed by atoms with van der Waals surface area (Å²) in [5.74, 6) is -0.247. The third-order valence-electron chi connectivity index (χ3n) is 6.39. The number of aromatic nitrogens is 3. The summed E-state index contributed by atoms with van der Waals surface area (Å²) >= 11 is 9.60. The molecule has 1 unspecified atom stereocenters. The summed E-state index contributed by atoms with van der Waals surface area (Å²) in [6, 6.07) is 20.2. The molecule has 0 bridgehead atoms. The molecule has 1 fully saturated rings. The first-order valence-corrected chi connectivity index (χ1v) is 14.2. The monoisotopic (exact) mass is 599 g/mol. The van der Waals surface area contributed by atoms with E-state index in [1.807, 2.05) is 18.2 Å². The Morgan fingerprint density at radius 3 is 2.62 bits per heavy atom. The Morgan fingerprint density at radius 2 is 1.86 bits per heavy atom. The summed E-state index contributed by atoms with van der Waals surface area (Å²) in [5, 5.41) is 9.12. The minimum atomic E-state index is -3.85. The number of rotatable bonds is 6. The SMILES string of the molecule is CN(c1ccccc1)S(=O)(=O)c1cccc(C(=O)N2CCCC2c2cn(-c3ccc(Br)c(Cl)c3)nn2)c1. The smallest absolute Gasteiger partial charge is 0.264 e. The third kappa shape index (κ3) is 5.01. The van der Waals surface area contributed by atoms with Gasteiger partial charge in [0.2, 0.25) is 0 Å². The van der Waals surface area contributed by atoms with Crippen molar-refractivity contribution in [2.24, 2.45) is 0 Å². The van der Waals surface area contributed by atoms with Crippen LogP contribution in [0.4, 0.5) is 5.69 Å². The molecule has 8 nitrogen and oxygen atoms in total. The molecule has 1 aliphatic rings. The lowest BCUT2D eigenvalue weighted by Crippen LogP contribution is -2.31. The van der Waals surface area contributed by atoms with Gasteiger partial charge in [-0.15, -0.1) is 5.10 Å². The first-order valence-electron chi connectivity index (χ1n) is 11.6. The van der Waals surface area contributed by atoms with Crippen LogP contribution in [-0.2, 0) is 10.0 Å². The number of carbonyl (C=O) groups is 1. The summed E-state index contributed by atoms with van der Waals surface area (Å²) in [7, 11) is -2.35. The van der Waals surface area contributed by atoms with Gasteiger partial charge in [0.1, 0.15) is 5.69 Å². The van der Waals surface area contributed by atoms with Crippen LogP contribution in [0.5, 0.6) is 0 Å². The quantitative estimate of drug-likeness (QED) is 0.292. The second-order valence-corrected chi connectivity index (χ2v) is 11.9. The number of carbonyl (C=O) groups excluding carboxylic acids is 1. The highest BCUT2D eigenvalue weighted by Crippen LogP contribution is 2.33. The van der Waals surface area contributed by atoms with Gasteiger partial charge in [-0.05, 0) is 77.3 Å². The Morgan fingerprint density at radius 1 is 1.08 bits per heavy atom. The van der Waals surface area contributed by atoms with E-state index in [0.717, 1.165) is 23.0 Å². The Labute approximate surface area is 228 Å². The highest BCUT2D eigenvalue weighted by molar-refractivity contribution is 9.10. The minimum Gasteiger partial charge on any atom is -0.330 e. The van der Waals surface area contributed by atoms with Crippen LogP contribution in [0.15, 0.2) is 88.4 Å². The van der Waals surface area contributed by atoms with E-state index in [1.54, 1.807) is 58.2 Å². The van der Waals surface area contributed by atoms with Gasteiger partial charge in [-0.25, -0.2) is 13.1 Å². The first kappa shape index (κ1) is 25.4. The highest BCUT2D eigenvalue weighted by Gasteiger charge is 2.33. The molecule has 1 amide bonds. The lowest BCUT2D eigenvalue weighted by Gasteiger charge is -2.24. The van der Waals surface area contributed by atoms with Crippen LogP contribution in [0.25, 0.3) is 5.69 Å². The van der Waals surface area contributed by atoms with E-state index in [1.165, 1.54) is 23.5 Å². The lowest BCUT2D eigenvalue weighted by molar-refractivity contribution is 0.0732. The van der Waals surface area contributed by atoms with E-state index >= 15 is 0 Å². The van der Waals surface area contributed by atoms with E-state index in [2.05, 4.69) is 26.2 Å². The predicted molar refractivity (Wildman–Crippen MR) is 146 cm³/mol. The van der Waals surface area contributed by atoms with Crippen molar-refractivity contribution in [3.05, 3.63) is 99.7 Å². The summed E-state index contributed by atoms with van der Waals surface area (Å²) in [5.41, 5.74) is 2.26. The number of amides is 1. The van der Waals surface area contributed by atoms with Crippen LogP contribution in [-0.4, -0.2) is 47.8 Å². The second kappa shape index (κ2) is 10.3. The van der Waals surface area contributed by atoms with Crippen LogP contribution in [0, 0.1) is 0 Å². The summed E-state index contributed by atoms with van der Waals surface area (Å²) in [4.78, 5) is 15.3. The maximum atomic E-state index is 13.5. The molecule has 0 saturated carbocycles. The fourth-order valence-corrected chi connectivity index (χ4v) is 6.05. The summed E-state index contributed by atoms with van der Waals surface area (Å²) in [6.07, 6.45) is 3.34. The normalized spacial score (nSPS) is 15.6. The molecule has 1 aromatic heterocycles. The third-order valence-corrected chi connectivity index (χ3v) is 9.41. The van der Waals surface area contributed by atoms with Gasteiger partial charge in [0.15, 0.2) is 0 Å². The Kier molecular flexibility index (Phi) is 7.06. The lowest BCUT2D eigenvalue weighted by atomic mass is 10.1. The van der Waals surface area contributed by atoms with Crippen molar-refractivity contribution in [3.63, 3.8) is 0 Å². The minimum absolute atomic E-state index is 0.0542. The van der Waals surface area contributed by atoms with Gasteiger partial charge < -0.3 is 4.90 Å². The van der Waals surface area contributed by atoms with Gasteiger partial charge in [-0.3, -0.25) is 9.10 Å². The van der Waals surface area contributed by atoms with E-state index < -0.39 is 10.0 Å². The van der Waals surface area contributed by atoms with Crippen molar-refractivity contribution in [1.29, 1.82) is 0 Å². The molecule has 1 atom stereocenters. The van der Waals surface area contributed by atoms with Crippen molar-refractivity contribution in [2.45, 2.75) is 23.8 Å². The van der Waals surface area contributed by atoms with Crippen molar-refractivity contribution in [2.75, 3.05) is 17.9 Å². The number of para-hydroxylation sites is 1. The number of nitrogens with zero attached hydrogens (tertiary/aromatic N) is 5. The zero-order chi connectivity index (χ0) is 26.2. The second-order valence-electron chi connectivity index (χ2n) is 8.68. The number of hydrogen-bond acceptors (Lipinski definition) is 5. The largest absolute Gasteiger partial charge is 0.330 e. The number of anilines is 1. The van der Waals surface area contributed by atoms with Crippen LogP contribution >= 0.6 is 27.5 Å². The maximum absolute atomic E-state index is 13.5. The van der Waals surface area contributed by atoms with Gasteiger partial charge in [0.05, 0.1) is 33.5 Å². The van der Waals surface area contributed by atoms with Crippen LogP contribution in [0.2, 0.25) is 5.02 Å². The molecule has 3 aromatic carbocycles. The Balaban J connectivity index is 1.39. The van der Waals surface area contributed by atoms with Crippen molar-refractivity contribution in [3.8, 4) is 5.69 Å². The summed E-state index contributed by atoms with van der Waals surface area (Å²) < 4.78 is 30.1. The molecule has 190 valence electrons. The molecule has 1 aliphatic heterocycles. The summed E-state index contributed by atoms with van der Waals surface area (Å²) in [6.45, 7) is 0.543. The van der Waals surface area contributed by atoms with Gasteiger partial charge in [-0.2, -0.15) is 0 Å². The highest BCUT2D eigenvalue weighted by atomic mass is 79.9. The van der Waals surface area contributed by atoms with Crippen molar-refractivity contribution >= 4 is 49.1 Å². The molecule has 0 radical (unpaired) electrons. The van der Waals surface area contributed by atoms with E-state index in [9.17, 15) is 13.2 Å². The van der Waals surface area contributed by atoms with Crippen LogP contribution in [0.3, 0.4) is 0 Å². The average Bonchev–Trinajstić information content (AvgIpc) is 3.60. The number of halogens is 2. The van der Waals surface area contributed by atoms with Gasteiger partial charge in [0, 0.05) is 23.6 Å². The molecular formula is C26H23BrClN5O3S. The van der Waals surface area contributed by atoms with Gasteiger partial charge in [-0.1, -0.05) is 41.1 Å². The predicted octanol–water partition coefficient (Wildman–Crippen LogP) is 5.49. The van der Waals surface area contributed by atoms with E-state index in [-0.39, 0.29) is 16.8 Å². The molecule has 0 aliphatic carbocycles. The van der Waals surface area contributed by atoms with Crippen molar-refractivity contribution < 1.29 is 13.2 Å². The van der Waals surface area contributed by atoms with Gasteiger partial charge in [0.25, 0.3) is 15.9 Å². The number of benzene rings is 3. The van der Waals surface area contributed by atoms with E-state index in [4.69, 9.17) is 11.6 Å². The number of likely N-dealkylation sites (tertiary alicyclic amines) is 1. The molecule has 0 spiro atoms. The van der Waals surface area contributed by atoms with Gasteiger partial charge >= 0.3 is 0 Å².